The van der Waals surface area contributed by atoms with E-state index in [4.69, 9.17) is 9.84 Å². The Morgan fingerprint density at radius 1 is 1.12 bits per heavy atom. The number of ether oxygens (including phenoxy) is 1. The second kappa shape index (κ2) is 8.95. The fourth-order valence-corrected chi connectivity index (χ4v) is 5.01. The number of aromatic amines is 1. The van der Waals surface area contributed by atoms with E-state index in [1.165, 1.54) is 11.8 Å². The van der Waals surface area contributed by atoms with Crippen molar-refractivity contribution in [1.29, 1.82) is 0 Å². The summed E-state index contributed by atoms with van der Waals surface area (Å²) in [5, 5.41) is 7.14. The second-order valence-corrected chi connectivity index (χ2v) is 8.86. The van der Waals surface area contributed by atoms with E-state index in [9.17, 15) is 9.59 Å². The van der Waals surface area contributed by atoms with Crippen molar-refractivity contribution in [1.82, 2.24) is 10.1 Å². The standard InChI is InChI=1S/C26H24N4O3S/c1-4-9-22(31)29-20-13-8-7-12-19(20)23-24(32)27-26(34-3)28-30(23)25(29)18-14-15-21(33-2)17-11-6-5-10-16(17)18/h5-8,10-15,25H,4,9H2,1-3H3/p+1. The highest BCUT2D eigenvalue weighted by Crippen LogP contribution is 2.40. The van der Waals surface area contributed by atoms with Gasteiger partial charge in [-0.1, -0.05) is 55.1 Å². The molecule has 7 nitrogen and oxygen atoms in total. The molecule has 0 bridgehead atoms. The summed E-state index contributed by atoms with van der Waals surface area (Å²) in [6.07, 6.45) is 2.32. The highest BCUT2D eigenvalue weighted by atomic mass is 32.2. The van der Waals surface area contributed by atoms with Gasteiger partial charge in [-0.2, -0.15) is 0 Å². The Bertz CT molecular complexity index is 1470. The van der Waals surface area contributed by atoms with Gasteiger partial charge in [-0.25, -0.2) is 4.90 Å². The maximum Gasteiger partial charge on any atom is 0.325 e. The van der Waals surface area contributed by atoms with Crippen LogP contribution in [0.5, 0.6) is 5.75 Å². The molecule has 0 fully saturated rings. The number of amides is 1. The molecule has 2 heterocycles. The first kappa shape index (κ1) is 22.2. The first-order valence-corrected chi connectivity index (χ1v) is 12.4. The number of thioether (sulfide) groups is 1. The molecule has 5 rings (SSSR count). The maximum absolute atomic E-state index is 13.6. The number of carbonyl (C=O) groups is 1. The number of hydrogen-bond acceptors (Lipinski definition) is 5. The molecule has 1 atom stereocenters. The summed E-state index contributed by atoms with van der Waals surface area (Å²) in [6, 6.07) is 19.3. The van der Waals surface area contributed by atoms with Gasteiger partial charge in [-0.15, -0.1) is 0 Å². The largest absolute Gasteiger partial charge is 0.496 e. The van der Waals surface area contributed by atoms with Gasteiger partial charge < -0.3 is 4.74 Å². The monoisotopic (exact) mass is 473 g/mol. The molecule has 1 N–H and O–H groups in total. The molecular formula is C26H25N4O3S+. The number of nitrogens with one attached hydrogen (secondary N) is 1. The number of aromatic nitrogens is 3. The van der Waals surface area contributed by atoms with Crippen molar-refractivity contribution in [3.8, 4) is 17.0 Å². The van der Waals surface area contributed by atoms with E-state index in [0.717, 1.165) is 22.1 Å². The number of H-pyrrole nitrogens is 1. The average Bonchev–Trinajstić information content (AvgIpc) is 2.87. The molecule has 0 radical (unpaired) electrons. The molecule has 34 heavy (non-hydrogen) atoms. The molecule has 0 aliphatic carbocycles. The quantitative estimate of drug-likeness (QED) is 0.345. The van der Waals surface area contributed by atoms with E-state index in [-0.39, 0.29) is 11.5 Å². The summed E-state index contributed by atoms with van der Waals surface area (Å²) < 4.78 is 7.31. The summed E-state index contributed by atoms with van der Waals surface area (Å²) in [7, 11) is 1.64. The number of fused-ring (bicyclic) bond motifs is 4. The minimum absolute atomic E-state index is 0.0224. The Hall–Kier alpha value is -3.65. The predicted octanol–water partition coefficient (Wildman–Crippen LogP) is 4.30. The molecule has 1 aliphatic heterocycles. The fraction of sp³-hybridized carbons (Fsp3) is 0.231. The Morgan fingerprint density at radius 3 is 2.59 bits per heavy atom. The van der Waals surface area contributed by atoms with Crippen molar-refractivity contribution in [2.75, 3.05) is 18.3 Å². The Kier molecular flexibility index (Phi) is 5.83. The van der Waals surface area contributed by atoms with Crippen LogP contribution >= 0.6 is 11.8 Å². The second-order valence-electron chi connectivity index (χ2n) is 8.06. The van der Waals surface area contributed by atoms with Gasteiger partial charge in [0.15, 0.2) is 0 Å². The molecule has 0 saturated heterocycles. The Balaban J connectivity index is 1.89. The molecule has 1 unspecified atom stereocenters. The molecule has 1 aromatic heterocycles. The molecule has 1 aliphatic rings. The maximum atomic E-state index is 13.6. The van der Waals surface area contributed by atoms with Crippen LogP contribution in [0.15, 0.2) is 70.6 Å². The van der Waals surface area contributed by atoms with Crippen molar-refractivity contribution in [3.63, 3.8) is 0 Å². The van der Waals surface area contributed by atoms with Gasteiger partial charge in [0.1, 0.15) is 5.75 Å². The van der Waals surface area contributed by atoms with E-state index in [1.807, 2.05) is 73.8 Å². The lowest BCUT2D eigenvalue weighted by Crippen LogP contribution is -2.61. The van der Waals surface area contributed by atoms with Crippen LogP contribution < -0.4 is 19.9 Å². The average molecular weight is 474 g/mol. The van der Waals surface area contributed by atoms with Crippen molar-refractivity contribution < 1.29 is 14.2 Å². The number of nitrogens with zero attached hydrogens (tertiary/aromatic N) is 3. The summed E-state index contributed by atoms with van der Waals surface area (Å²) in [4.78, 5) is 31.6. The van der Waals surface area contributed by atoms with Crippen molar-refractivity contribution in [2.45, 2.75) is 31.1 Å². The third-order valence-corrected chi connectivity index (χ3v) is 6.67. The zero-order valence-corrected chi connectivity index (χ0v) is 20.1. The third kappa shape index (κ3) is 3.45. The van der Waals surface area contributed by atoms with Gasteiger partial charge in [0, 0.05) is 16.9 Å². The van der Waals surface area contributed by atoms with Crippen LogP contribution in [0.2, 0.25) is 0 Å². The van der Waals surface area contributed by atoms with Crippen LogP contribution in [-0.2, 0) is 4.79 Å². The van der Waals surface area contributed by atoms with Gasteiger partial charge in [-0.3, -0.25) is 14.6 Å². The molecule has 0 spiro atoms. The van der Waals surface area contributed by atoms with Crippen LogP contribution in [0.1, 0.15) is 31.5 Å². The van der Waals surface area contributed by atoms with E-state index in [1.54, 1.807) is 16.7 Å². The first-order valence-electron chi connectivity index (χ1n) is 11.2. The van der Waals surface area contributed by atoms with E-state index in [0.29, 0.717) is 34.9 Å². The van der Waals surface area contributed by atoms with Gasteiger partial charge in [0.05, 0.1) is 23.9 Å². The van der Waals surface area contributed by atoms with Crippen molar-refractivity contribution >= 4 is 34.1 Å². The lowest BCUT2D eigenvalue weighted by atomic mass is 9.96. The minimum atomic E-state index is -0.632. The normalized spacial score (nSPS) is 14.6. The number of para-hydroxylation sites is 1. The molecule has 172 valence electrons. The van der Waals surface area contributed by atoms with Gasteiger partial charge in [0.2, 0.25) is 11.1 Å². The van der Waals surface area contributed by atoms with Crippen molar-refractivity contribution in [2.24, 2.45) is 0 Å². The summed E-state index contributed by atoms with van der Waals surface area (Å²) >= 11 is 1.35. The SMILES string of the molecule is CCCC(=O)N1c2ccccc2-c2c(=O)[nH]c(SC)n[n+]2C1c1ccc(OC)c2ccccc12. The lowest BCUT2D eigenvalue weighted by molar-refractivity contribution is -0.762. The zero-order chi connectivity index (χ0) is 23.8. The van der Waals surface area contributed by atoms with Crippen LogP contribution in [0.3, 0.4) is 0 Å². The predicted molar refractivity (Wildman–Crippen MR) is 133 cm³/mol. The van der Waals surface area contributed by atoms with E-state index >= 15 is 0 Å². The number of carbonyl (C=O) groups excluding carboxylic acids is 1. The van der Waals surface area contributed by atoms with E-state index in [2.05, 4.69) is 4.98 Å². The van der Waals surface area contributed by atoms with Crippen LogP contribution in [0.4, 0.5) is 5.69 Å². The fourth-order valence-electron chi connectivity index (χ4n) is 4.65. The van der Waals surface area contributed by atoms with Gasteiger partial charge in [0.25, 0.3) is 6.17 Å². The number of hydrogen-bond donors (Lipinski definition) is 1. The molecule has 8 heteroatoms. The summed E-state index contributed by atoms with van der Waals surface area (Å²) in [5.74, 6) is 0.724. The summed E-state index contributed by atoms with van der Waals surface area (Å²) in [5.41, 5.74) is 2.44. The highest BCUT2D eigenvalue weighted by molar-refractivity contribution is 7.98. The van der Waals surface area contributed by atoms with Crippen LogP contribution in [-0.4, -0.2) is 29.4 Å². The number of anilines is 1. The number of benzene rings is 3. The summed E-state index contributed by atoms with van der Waals surface area (Å²) in [6.45, 7) is 1.99. The van der Waals surface area contributed by atoms with Gasteiger partial charge in [-0.05, 0) is 47.0 Å². The smallest absolute Gasteiger partial charge is 0.325 e. The number of methoxy groups -OCH3 is 1. The Morgan fingerprint density at radius 2 is 1.85 bits per heavy atom. The first-order chi connectivity index (χ1) is 16.6. The zero-order valence-electron chi connectivity index (χ0n) is 19.2. The minimum Gasteiger partial charge on any atom is -0.496 e. The Labute approximate surface area is 201 Å². The molecule has 0 saturated carbocycles. The van der Waals surface area contributed by atoms with Crippen LogP contribution in [0, 0.1) is 0 Å². The van der Waals surface area contributed by atoms with Crippen LogP contribution in [0.25, 0.3) is 22.0 Å². The molecular weight excluding hydrogens is 448 g/mol. The van der Waals surface area contributed by atoms with Crippen molar-refractivity contribution in [3.05, 3.63) is 76.6 Å². The lowest BCUT2D eigenvalue weighted by Gasteiger charge is -2.32. The molecule has 3 aromatic carbocycles. The third-order valence-electron chi connectivity index (χ3n) is 6.10. The van der Waals surface area contributed by atoms with E-state index < -0.39 is 6.17 Å². The highest BCUT2D eigenvalue weighted by Gasteiger charge is 2.46. The molecule has 1 amide bonds. The molecule has 4 aromatic rings. The topological polar surface area (TPSA) is 79.2 Å². The van der Waals surface area contributed by atoms with Gasteiger partial charge >= 0.3 is 11.3 Å². The number of rotatable bonds is 5.